The minimum atomic E-state index is 0.597. The standard InChI is InChI=1S/C65H42N4O/c1-3-16-48-40(4-2)29-34-57-61(48)51-31-28-45(38-59(51)68(57)46-22-9-6-10-23-46)44-30-33-56-53(37-44)62-58(35-36-60-63(62)52-32-27-42-18-12-14-25-49(42)64(52)70-60)69(56)65-66-54(43-19-7-5-8-20-43)39-55(67-65)50-26-15-21-41-17-11-13-24-47(41)50/h3-39H,2H2,1H3/b16-3-. The number of para-hydroxylation sites is 1. The van der Waals surface area contributed by atoms with Crippen molar-refractivity contribution in [3.63, 3.8) is 0 Å². The van der Waals surface area contributed by atoms with Gasteiger partial charge in [0.2, 0.25) is 5.95 Å². The van der Waals surface area contributed by atoms with Crippen LogP contribution in [-0.4, -0.2) is 19.1 Å². The second kappa shape index (κ2) is 15.6. The predicted molar refractivity (Wildman–Crippen MR) is 294 cm³/mol. The quantitative estimate of drug-likeness (QED) is 0.160. The van der Waals surface area contributed by atoms with E-state index in [0.29, 0.717) is 5.95 Å². The third-order valence-corrected chi connectivity index (χ3v) is 14.2. The average Bonchev–Trinajstić information content (AvgIpc) is 4.08. The molecule has 14 aromatic rings. The molecule has 4 aromatic heterocycles. The predicted octanol–water partition coefficient (Wildman–Crippen LogP) is 17.6. The molecule has 0 aliphatic carbocycles. The molecule has 70 heavy (non-hydrogen) atoms. The van der Waals surface area contributed by atoms with Crippen molar-refractivity contribution >= 4 is 99.2 Å². The summed E-state index contributed by atoms with van der Waals surface area (Å²) in [5, 5.41) is 11.3. The van der Waals surface area contributed by atoms with Gasteiger partial charge in [0.1, 0.15) is 11.2 Å². The molecule has 0 saturated carbocycles. The summed E-state index contributed by atoms with van der Waals surface area (Å²) in [6, 6.07) is 73.6. The zero-order valence-corrected chi connectivity index (χ0v) is 38.3. The van der Waals surface area contributed by atoms with Crippen LogP contribution in [-0.2, 0) is 0 Å². The first-order valence-electron chi connectivity index (χ1n) is 23.8. The molecule has 14 rings (SSSR count). The van der Waals surface area contributed by atoms with Crippen LogP contribution < -0.4 is 0 Å². The molecule has 0 fully saturated rings. The molecule has 5 nitrogen and oxygen atoms in total. The van der Waals surface area contributed by atoms with E-state index in [1.54, 1.807) is 0 Å². The fraction of sp³-hybridized carbons (Fsp3) is 0.0154. The SMILES string of the molecule is C=Cc1ccc2c(c1/C=C\C)c1ccc(-c3ccc4c(c3)c3c5c(ccc3n4-c3nc(-c4ccccc4)cc(-c4cccc6ccccc46)n3)oc3c4ccccc4ccc35)cc1n2-c1ccccc1. The molecule has 4 heterocycles. The largest absolute Gasteiger partial charge is 0.455 e. The number of furan rings is 1. The van der Waals surface area contributed by atoms with Gasteiger partial charge in [-0.3, -0.25) is 4.57 Å². The van der Waals surface area contributed by atoms with E-state index in [2.05, 4.69) is 235 Å². The zero-order valence-electron chi connectivity index (χ0n) is 38.3. The molecular weight excluding hydrogens is 853 g/mol. The van der Waals surface area contributed by atoms with E-state index in [9.17, 15) is 0 Å². The Balaban J connectivity index is 1.07. The summed E-state index contributed by atoms with van der Waals surface area (Å²) in [5.74, 6) is 0.597. The Labute approximate surface area is 403 Å². The molecule has 0 saturated heterocycles. The van der Waals surface area contributed by atoms with E-state index in [0.717, 1.165) is 121 Å². The lowest BCUT2D eigenvalue weighted by molar-refractivity contribution is 0.673. The Morgan fingerprint density at radius 1 is 0.457 bits per heavy atom. The van der Waals surface area contributed by atoms with Gasteiger partial charge in [0.25, 0.3) is 0 Å². The number of hydrogen-bond acceptors (Lipinski definition) is 3. The molecule has 0 aliphatic heterocycles. The average molecular weight is 895 g/mol. The van der Waals surface area contributed by atoms with Crippen LogP contribution in [0.5, 0.6) is 0 Å². The summed E-state index contributed by atoms with van der Waals surface area (Å²) in [5.41, 5.74) is 15.4. The molecule has 0 bridgehead atoms. The number of rotatable bonds is 7. The fourth-order valence-corrected chi connectivity index (χ4v) is 11.1. The number of nitrogens with zero attached hydrogens (tertiary/aromatic N) is 4. The van der Waals surface area contributed by atoms with Crippen LogP contribution >= 0.6 is 0 Å². The van der Waals surface area contributed by atoms with Crippen molar-refractivity contribution in [1.82, 2.24) is 19.1 Å². The Morgan fingerprint density at radius 3 is 1.96 bits per heavy atom. The second-order valence-electron chi connectivity index (χ2n) is 18.1. The smallest absolute Gasteiger partial charge is 0.235 e. The van der Waals surface area contributed by atoms with Gasteiger partial charge < -0.3 is 8.98 Å². The normalized spacial score (nSPS) is 12.1. The van der Waals surface area contributed by atoms with Crippen LogP contribution in [0.25, 0.3) is 145 Å². The summed E-state index contributed by atoms with van der Waals surface area (Å²) in [7, 11) is 0. The molecule has 5 heteroatoms. The van der Waals surface area contributed by atoms with Crippen LogP contribution in [0.1, 0.15) is 18.1 Å². The maximum absolute atomic E-state index is 6.87. The highest BCUT2D eigenvalue weighted by molar-refractivity contribution is 6.30. The van der Waals surface area contributed by atoms with Gasteiger partial charge in [-0.2, -0.15) is 0 Å². The van der Waals surface area contributed by atoms with Gasteiger partial charge in [0, 0.05) is 54.5 Å². The minimum absolute atomic E-state index is 0.597. The summed E-state index contributed by atoms with van der Waals surface area (Å²) in [4.78, 5) is 11.0. The zero-order chi connectivity index (χ0) is 46.5. The minimum Gasteiger partial charge on any atom is -0.455 e. The van der Waals surface area contributed by atoms with E-state index >= 15 is 0 Å². The van der Waals surface area contributed by atoms with E-state index in [1.807, 2.05) is 12.1 Å². The first-order chi connectivity index (χ1) is 34.6. The summed E-state index contributed by atoms with van der Waals surface area (Å²) in [6.45, 7) is 6.26. The lowest BCUT2D eigenvalue weighted by Crippen LogP contribution is -2.04. The van der Waals surface area contributed by atoms with Gasteiger partial charge >= 0.3 is 0 Å². The number of hydrogen-bond donors (Lipinski definition) is 0. The van der Waals surface area contributed by atoms with Crippen LogP contribution in [0.3, 0.4) is 0 Å². The highest BCUT2D eigenvalue weighted by atomic mass is 16.3. The number of benzene rings is 10. The van der Waals surface area contributed by atoms with Gasteiger partial charge in [-0.05, 0) is 106 Å². The third kappa shape index (κ3) is 5.98. The topological polar surface area (TPSA) is 48.8 Å². The molecule has 0 unspecified atom stereocenters. The van der Waals surface area contributed by atoms with Crippen LogP contribution in [0.4, 0.5) is 0 Å². The molecule has 0 aliphatic rings. The lowest BCUT2D eigenvalue weighted by Gasteiger charge is -2.13. The maximum atomic E-state index is 6.87. The number of allylic oxidation sites excluding steroid dienone is 1. The fourth-order valence-electron chi connectivity index (χ4n) is 11.1. The van der Waals surface area contributed by atoms with Crippen molar-refractivity contribution < 1.29 is 4.42 Å². The summed E-state index contributed by atoms with van der Waals surface area (Å²) >= 11 is 0. The van der Waals surface area contributed by atoms with Crippen LogP contribution in [0.15, 0.2) is 223 Å². The van der Waals surface area contributed by atoms with E-state index in [-0.39, 0.29) is 0 Å². The van der Waals surface area contributed by atoms with Crippen molar-refractivity contribution in [2.45, 2.75) is 6.92 Å². The van der Waals surface area contributed by atoms with Crippen molar-refractivity contribution in [1.29, 1.82) is 0 Å². The molecular formula is C65H42N4O. The second-order valence-corrected chi connectivity index (χ2v) is 18.1. The molecule has 0 N–H and O–H groups in total. The number of fused-ring (bicyclic) bond motifs is 13. The monoisotopic (exact) mass is 894 g/mol. The maximum Gasteiger partial charge on any atom is 0.235 e. The van der Waals surface area contributed by atoms with Gasteiger partial charge in [0.15, 0.2) is 0 Å². The lowest BCUT2D eigenvalue weighted by atomic mass is 9.97. The molecule has 10 aromatic carbocycles. The Bertz CT molecular complexity index is 4490. The van der Waals surface area contributed by atoms with Crippen molar-refractivity contribution in [3.8, 4) is 45.3 Å². The Morgan fingerprint density at radius 2 is 1.13 bits per heavy atom. The summed E-state index contributed by atoms with van der Waals surface area (Å²) < 4.78 is 11.5. The third-order valence-electron chi connectivity index (χ3n) is 14.2. The Kier molecular flexibility index (Phi) is 8.89. The molecule has 0 radical (unpaired) electrons. The van der Waals surface area contributed by atoms with Gasteiger partial charge in [-0.1, -0.05) is 170 Å². The van der Waals surface area contributed by atoms with E-state index < -0.39 is 0 Å². The van der Waals surface area contributed by atoms with E-state index in [1.165, 1.54) is 16.3 Å². The van der Waals surface area contributed by atoms with Crippen molar-refractivity contribution in [2.24, 2.45) is 0 Å². The highest BCUT2D eigenvalue weighted by Gasteiger charge is 2.24. The van der Waals surface area contributed by atoms with Gasteiger partial charge in [-0.15, -0.1) is 0 Å². The molecule has 0 spiro atoms. The van der Waals surface area contributed by atoms with Gasteiger partial charge in [-0.25, -0.2) is 9.97 Å². The van der Waals surface area contributed by atoms with E-state index in [4.69, 9.17) is 14.4 Å². The molecule has 0 atom stereocenters. The van der Waals surface area contributed by atoms with Crippen molar-refractivity contribution in [2.75, 3.05) is 0 Å². The molecule has 0 amide bonds. The molecule has 328 valence electrons. The number of aromatic nitrogens is 4. The van der Waals surface area contributed by atoms with Crippen molar-refractivity contribution in [3.05, 3.63) is 230 Å². The van der Waals surface area contributed by atoms with Crippen LogP contribution in [0.2, 0.25) is 0 Å². The Hall–Kier alpha value is -9.32. The van der Waals surface area contributed by atoms with Crippen LogP contribution in [0, 0.1) is 0 Å². The highest BCUT2D eigenvalue weighted by Crippen LogP contribution is 2.45. The first kappa shape index (κ1) is 39.8. The summed E-state index contributed by atoms with van der Waals surface area (Å²) in [6.07, 6.45) is 6.28. The first-order valence-corrected chi connectivity index (χ1v) is 23.8. The van der Waals surface area contributed by atoms with Gasteiger partial charge in [0.05, 0.1) is 33.5 Å².